The molecule has 0 atom stereocenters. The summed E-state index contributed by atoms with van der Waals surface area (Å²) in [6, 6.07) is 5.04. The maximum atomic E-state index is 13.9. The van der Waals surface area contributed by atoms with Crippen molar-refractivity contribution >= 4 is 28.1 Å². The molecule has 0 bridgehead atoms. The molecule has 124 valence electrons. The highest BCUT2D eigenvalue weighted by Crippen LogP contribution is 2.25. The van der Waals surface area contributed by atoms with E-state index >= 15 is 0 Å². The average Bonchev–Trinajstić information content (AvgIpc) is 3.01. The van der Waals surface area contributed by atoms with Crippen LogP contribution in [0.15, 0.2) is 30.7 Å². The molecule has 2 aromatic heterocycles. The maximum Gasteiger partial charge on any atom is 0.149 e. The highest BCUT2D eigenvalue weighted by molar-refractivity contribution is 7.11. The molecule has 1 fully saturated rings. The summed E-state index contributed by atoms with van der Waals surface area (Å²) >= 11 is 1.75. The molecule has 7 heteroatoms. The SMILES string of the molecule is Cc1ncc(CN2CCN(c3ncnc4c(F)cccc34)CC2)s1. The van der Waals surface area contributed by atoms with Crippen LogP contribution < -0.4 is 4.90 Å². The Morgan fingerprint density at radius 1 is 1.12 bits per heavy atom. The van der Waals surface area contributed by atoms with Crippen LogP contribution in [0, 0.1) is 12.7 Å². The number of halogens is 1. The van der Waals surface area contributed by atoms with Gasteiger partial charge in [-0.25, -0.2) is 19.3 Å². The van der Waals surface area contributed by atoms with E-state index in [1.165, 1.54) is 17.3 Å². The molecule has 0 aliphatic carbocycles. The molecule has 1 aliphatic rings. The number of hydrogen-bond donors (Lipinski definition) is 0. The first-order valence-electron chi connectivity index (χ1n) is 7.98. The number of rotatable bonds is 3. The molecule has 0 N–H and O–H groups in total. The zero-order valence-electron chi connectivity index (χ0n) is 13.4. The van der Waals surface area contributed by atoms with Crippen molar-refractivity contribution in [2.75, 3.05) is 31.1 Å². The first kappa shape index (κ1) is 15.4. The Kier molecular flexibility index (Phi) is 4.12. The van der Waals surface area contributed by atoms with Gasteiger partial charge in [-0.2, -0.15) is 0 Å². The van der Waals surface area contributed by atoms with Crippen LogP contribution in [-0.2, 0) is 6.54 Å². The van der Waals surface area contributed by atoms with Crippen molar-refractivity contribution in [3.8, 4) is 0 Å². The van der Waals surface area contributed by atoms with Gasteiger partial charge in [-0.1, -0.05) is 6.07 Å². The van der Waals surface area contributed by atoms with Crippen LogP contribution in [0.25, 0.3) is 10.9 Å². The van der Waals surface area contributed by atoms with Gasteiger partial charge in [0.1, 0.15) is 23.5 Å². The molecular weight excluding hydrogens is 325 g/mol. The van der Waals surface area contributed by atoms with E-state index in [-0.39, 0.29) is 5.82 Å². The molecule has 1 aliphatic heterocycles. The third-order valence-corrected chi connectivity index (χ3v) is 5.21. The summed E-state index contributed by atoms with van der Waals surface area (Å²) in [5.74, 6) is 0.531. The lowest BCUT2D eigenvalue weighted by atomic mass is 10.2. The number of fused-ring (bicyclic) bond motifs is 1. The topological polar surface area (TPSA) is 45.2 Å². The minimum Gasteiger partial charge on any atom is -0.353 e. The van der Waals surface area contributed by atoms with Gasteiger partial charge in [0, 0.05) is 49.2 Å². The van der Waals surface area contributed by atoms with Gasteiger partial charge in [0.2, 0.25) is 0 Å². The molecule has 0 saturated carbocycles. The lowest BCUT2D eigenvalue weighted by Gasteiger charge is -2.35. The monoisotopic (exact) mass is 343 g/mol. The second-order valence-corrected chi connectivity index (χ2v) is 7.26. The van der Waals surface area contributed by atoms with Crippen molar-refractivity contribution in [3.63, 3.8) is 0 Å². The fraction of sp³-hybridized carbons (Fsp3) is 0.353. The first-order chi connectivity index (χ1) is 11.7. The third-order valence-electron chi connectivity index (χ3n) is 4.31. The Morgan fingerprint density at radius 3 is 2.71 bits per heavy atom. The summed E-state index contributed by atoms with van der Waals surface area (Å²) in [6.45, 7) is 6.64. The van der Waals surface area contributed by atoms with E-state index in [9.17, 15) is 4.39 Å². The predicted octanol–water partition coefficient (Wildman–Crippen LogP) is 2.86. The van der Waals surface area contributed by atoms with Gasteiger partial charge in [-0.3, -0.25) is 4.90 Å². The van der Waals surface area contributed by atoms with Gasteiger partial charge in [-0.05, 0) is 19.1 Å². The second kappa shape index (κ2) is 6.41. The second-order valence-electron chi connectivity index (χ2n) is 5.94. The Labute approximate surface area is 143 Å². The summed E-state index contributed by atoms with van der Waals surface area (Å²) in [7, 11) is 0. The van der Waals surface area contributed by atoms with Crippen LogP contribution in [0.4, 0.5) is 10.2 Å². The molecule has 1 aromatic carbocycles. The molecule has 0 radical (unpaired) electrons. The fourth-order valence-corrected chi connectivity index (χ4v) is 3.94. The van der Waals surface area contributed by atoms with E-state index in [1.54, 1.807) is 17.4 Å². The van der Waals surface area contributed by atoms with Crippen molar-refractivity contribution in [2.45, 2.75) is 13.5 Å². The lowest BCUT2D eigenvalue weighted by Crippen LogP contribution is -2.46. The van der Waals surface area contributed by atoms with Gasteiger partial charge in [-0.15, -0.1) is 11.3 Å². The van der Waals surface area contributed by atoms with Gasteiger partial charge in [0.25, 0.3) is 0 Å². The summed E-state index contributed by atoms with van der Waals surface area (Å²) in [6.07, 6.45) is 3.42. The molecule has 4 rings (SSSR count). The van der Waals surface area contributed by atoms with E-state index < -0.39 is 0 Å². The summed E-state index contributed by atoms with van der Waals surface area (Å²) in [5.41, 5.74) is 0.394. The molecular formula is C17H18FN5S. The van der Waals surface area contributed by atoms with Gasteiger partial charge in [0.05, 0.1) is 5.01 Å². The van der Waals surface area contributed by atoms with Crippen LogP contribution in [0.1, 0.15) is 9.88 Å². The number of aryl methyl sites for hydroxylation is 1. The molecule has 1 saturated heterocycles. The molecule has 0 amide bonds. The fourth-order valence-electron chi connectivity index (χ4n) is 3.11. The zero-order chi connectivity index (χ0) is 16.5. The number of piperazine rings is 1. The van der Waals surface area contributed by atoms with Crippen molar-refractivity contribution in [1.29, 1.82) is 0 Å². The highest BCUT2D eigenvalue weighted by Gasteiger charge is 2.21. The Morgan fingerprint density at radius 2 is 1.96 bits per heavy atom. The highest BCUT2D eigenvalue weighted by atomic mass is 32.1. The van der Waals surface area contributed by atoms with E-state index in [2.05, 4.69) is 24.8 Å². The molecule has 3 aromatic rings. The average molecular weight is 343 g/mol. The maximum absolute atomic E-state index is 13.9. The summed E-state index contributed by atoms with van der Waals surface area (Å²) in [4.78, 5) is 18.7. The first-order valence-corrected chi connectivity index (χ1v) is 8.80. The van der Waals surface area contributed by atoms with Crippen LogP contribution in [0.2, 0.25) is 0 Å². The van der Waals surface area contributed by atoms with Crippen LogP contribution >= 0.6 is 11.3 Å². The normalized spacial score (nSPS) is 16.0. The van der Waals surface area contributed by atoms with E-state index in [0.29, 0.717) is 5.52 Å². The van der Waals surface area contributed by atoms with Gasteiger partial charge >= 0.3 is 0 Å². The predicted molar refractivity (Wildman–Crippen MR) is 93.8 cm³/mol. The van der Waals surface area contributed by atoms with Crippen LogP contribution in [0.3, 0.4) is 0 Å². The van der Waals surface area contributed by atoms with Gasteiger partial charge < -0.3 is 4.90 Å². The molecule has 0 unspecified atom stereocenters. The number of hydrogen-bond acceptors (Lipinski definition) is 6. The van der Waals surface area contributed by atoms with Crippen LogP contribution in [-0.4, -0.2) is 46.0 Å². The van der Waals surface area contributed by atoms with Crippen molar-refractivity contribution < 1.29 is 4.39 Å². The minimum absolute atomic E-state index is 0.296. The Hall–Kier alpha value is -2.12. The van der Waals surface area contributed by atoms with Crippen molar-refractivity contribution in [1.82, 2.24) is 19.9 Å². The number of nitrogens with zero attached hydrogens (tertiary/aromatic N) is 5. The number of thiazole rings is 1. The van der Waals surface area contributed by atoms with Crippen LogP contribution in [0.5, 0.6) is 0 Å². The summed E-state index contributed by atoms with van der Waals surface area (Å²) in [5, 5.41) is 1.89. The third kappa shape index (κ3) is 2.97. The summed E-state index contributed by atoms with van der Waals surface area (Å²) < 4.78 is 13.9. The van der Waals surface area contributed by atoms with E-state index in [1.807, 2.05) is 19.2 Å². The van der Waals surface area contributed by atoms with E-state index in [4.69, 9.17) is 0 Å². The molecule has 24 heavy (non-hydrogen) atoms. The lowest BCUT2D eigenvalue weighted by molar-refractivity contribution is 0.251. The largest absolute Gasteiger partial charge is 0.353 e. The molecule has 5 nitrogen and oxygen atoms in total. The number of para-hydroxylation sites is 1. The Balaban J connectivity index is 1.49. The number of aromatic nitrogens is 3. The van der Waals surface area contributed by atoms with Crippen molar-refractivity contribution in [2.24, 2.45) is 0 Å². The number of benzene rings is 1. The smallest absolute Gasteiger partial charge is 0.149 e. The molecule has 0 spiro atoms. The Bertz CT molecular complexity index is 857. The van der Waals surface area contributed by atoms with Gasteiger partial charge in [0.15, 0.2) is 0 Å². The standard InChI is InChI=1S/C17H18FN5S/c1-12-19-9-13(24-12)10-22-5-7-23(8-6-22)17-14-3-2-4-15(18)16(14)20-11-21-17/h2-4,9,11H,5-8,10H2,1H3. The zero-order valence-corrected chi connectivity index (χ0v) is 14.3. The van der Waals surface area contributed by atoms with E-state index in [0.717, 1.165) is 48.9 Å². The quantitative estimate of drug-likeness (QED) is 0.732. The molecule has 3 heterocycles. The minimum atomic E-state index is -0.296. The van der Waals surface area contributed by atoms with Crippen molar-refractivity contribution in [3.05, 3.63) is 46.4 Å². The number of anilines is 1.